The fourth-order valence-corrected chi connectivity index (χ4v) is 2.64. The minimum absolute atomic E-state index is 0.0196. The lowest BCUT2D eigenvalue weighted by Gasteiger charge is -2.30. The topological polar surface area (TPSA) is 58.4 Å². The van der Waals surface area contributed by atoms with Crippen molar-refractivity contribution in [2.24, 2.45) is 11.1 Å². The van der Waals surface area contributed by atoms with Crippen molar-refractivity contribution >= 4 is 23.4 Å². The Labute approximate surface area is 132 Å². The SMILES string of the molecule is CCN(CC(=O)Nc1ccccc1SC)CC(C)(C)CN. The minimum Gasteiger partial charge on any atom is -0.330 e. The Bertz CT molecular complexity index is 463. The highest BCUT2D eigenvalue weighted by Gasteiger charge is 2.21. The molecule has 0 fully saturated rings. The van der Waals surface area contributed by atoms with Crippen LogP contribution in [0.1, 0.15) is 20.8 Å². The lowest BCUT2D eigenvalue weighted by atomic mass is 9.93. The fraction of sp³-hybridized carbons (Fsp3) is 0.562. The number of rotatable bonds is 8. The summed E-state index contributed by atoms with van der Waals surface area (Å²) in [5.41, 5.74) is 6.67. The molecule has 5 heteroatoms. The van der Waals surface area contributed by atoms with E-state index in [2.05, 4.69) is 31.0 Å². The summed E-state index contributed by atoms with van der Waals surface area (Å²) >= 11 is 1.63. The number of nitrogens with one attached hydrogen (secondary N) is 1. The second kappa shape index (κ2) is 8.41. The third-order valence-corrected chi connectivity index (χ3v) is 4.20. The predicted octanol–water partition coefficient (Wildman–Crippen LogP) is 2.65. The van der Waals surface area contributed by atoms with Crippen LogP contribution in [0.25, 0.3) is 0 Å². The van der Waals surface area contributed by atoms with Crippen molar-refractivity contribution in [2.75, 3.05) is 37.8 Å². The molecular formula is C16H27N3OS. The minimum atomic E-state index is 0.0196. The van der Waals surface area contributed by atoms with Crippen LogP contribution in [0.5, 0.6) is 0 Å². The highest BCUT2D eigenvalue weighted by Crippen LogP contribution is 2.24. The van der Waals surface area contributed by atoms with E-state index in [9.17, 15) is 4.79 Å². The molecule has 4 nitrogen and oxygen atoms in total. The molecule has 1 amide bonds. The molecule has 0 heterocycles. The molecule has 1 rings (SSSR count). The monoisotopic (exact) mass is 309 g/mol. The maximum absolute atomic E-state index is 12.2. The second-order valence-corrected chi connectivity index (χ2v) is 6.77. The first kappa shape index (κ1) is 18.0. The summed E-state index contributed by atoms with van der Waals surface area (Å²) in [4.78, 5) is 15.4. The molecule has 1 aromatic rings. The lowest BCUT2D eigenvalue weighted by molar-refractivity contribution is -0.117. The van der Waals surface area contributed by atoms with Crippen LogP contribution in [0.3, 0.4) is 0 Å². The van der Waals surface area contributed by atoms with Gasteiger partial charge >= 0.3 is 0 Å². The average Bonchev–Trinajstić information content (AvgIpc) is 2.46. The van der Waals surface area contributed by atoms with Crippen molar-refractivity contribution < 1.29 is 4.79 Å². The number of hydrogen-bond acceptors (Lipinski definition) is 4. The van der Waals surface area contributed by atoms with Crippen LogP contribution in [0.4, 0.5) is 5.69 Å². The number of thioether (sulfide) groups is 1. The maximum Gasteiger partial charge on any atom is 0.238 e. The van der Waals surface area contributed by atoms with Crippen molar-refractivity contribution in [3.63, 3.8) is 0 Å². The molecule has 0 unspecified atom stereocenters. The molecule has 0 aliphatic heterocycles. The normalized spacial score (nSPS) is 11.7. The number of anilines is 1. The van der Waals surface area contributed by atoms with Gasteiger partial charge in [0.15, 0.2) is 0 Å². The Balaban J connectivity index is 2.63. The number of amides is 1. The average molecular weight is 309 g/mol. The van der Waals surface area contributed by atoms with E-state index in [4.69, 9.17) is 5.73 Å². The van der Waals surface area contributed by atoms with Gasteiger partial charge in [0.2, 0.25) is 5.91 Å². The molecule has 1 aromatic carbocycles. The van der Waals surface area contributed by atoms with Gasteiger partial charge in [0.1, 0.15) is 0 Å². The first-order chi connectivity index (χ1) is 9.91. The van der Waals surface area contributed by atoms with Gasteiger partial charge < -0.3 is 11.1 Å². The van der Waals surface area contributed by atoms with Crippen molar-refractivity contribution in [3.8, 4) is 0 Å². The van der Waals surface area contributed by atoms with Crippen molar-refractivity contribution in [1.82, 2.24) is 4.90 Å². The molecule has 0 saturated carbocycles. The van der Waals surface area contributed by atoms with Crippen molar-refractivity contribution in [1.29, 1.82) is 0 Å². The Morgan fingerprint density at radius 2 is 2.05 bits per heavy atom. The van der Waals surface area contributed by atoms with Gasteiger partial charge in [0.05, 0.1) is 12.2 Å². The largest absolute Gasteiger partial charge is 0.330 e. The summed E-state index contributed by atoms with van der Waals surface area (Å²) in [7, 11) is 0. The van der Waals surface area contributed by atoms with E-state index in [0.717, 1.165) is 23.7 Å². The van der Waals surface area contributed by atoms with Crippen molar-refractivity contribution in [3.05, 3.63) is 24.3 Å². The quantitative estimate of drug-likeness (QED) is 0.725. The van der Waals surface area contributed by atoms with E-state index in [1.807, 2.05) is 30.5 Å². The van der Waals surface area contributed by atoms with Gasteiger partial charge in [0.25, 0.3) is 0 Å². The van der Waals surface area contributed by atoms with E-state index >= 15 is 0 Å². The summed E-state index contributed by atoms with van der Waals surface area (Å²) < 4.78 is 0. The molecule has 21 heavy (non-hydrogen) atoms. The summed E-state index contributed by atoms with van der Waals surface area (Å²) in [5.74, 6) is 0.0196. The number of hydrogen-bond donors (Lipinski definition) is 2. The van der Waals surface area contributed by atoms with Gasteiger partial charge in [-0.05, 0) is 36.9 Å². The summed E-state index contributed by atoms with van der Waals surface area (Å²) in [6.45, 7) is 8.96. The molecular weight excluding hydrogens is 282 g/mol. The number of nitrogens with zero attached hydrogens (tertiary/aromatic N) is 1. The first-order valence-corrected chi connectivity index (χ1v) is 8.49. The van der Waals surface area contributed by atoms with Gasteiger partial charge in [-0.3, -0.25) is 9.69 Å². The standard InChI is InChI=1S/C16H27N3OS/c1-5-19(12-16(2,3)11-17)10-15(20)18-13-8-6-7-9-14(13)21-4/h6-9H,5,10-12,17H2,1-4H3,(H,18,20). The Morgan fingerprint density at radius 3 is 2.62 bits per heavy atom. The molecule has 0 aromatic heterocycles. The second-order valence-electron chi connectivity index (χ2n) is 5.92. The summed E-state index contributed by atoms with van der Waals surface area (Å²) in [5, 5.41) is 3.00. The Kier molecular flexibility index (Phi) is 7.22. The zero-order chi connectivity index (χ0) is 15.9. The molecule has 0 saturated heterocycles. The van der Waals surface area contributed by atoms with Crippen LogP contribution < -0.4 is 11.1 Å². The molecule has 0 radical (unpaired) electrons. The Hall–Kier alpha value is -1.04. The molecule has 3 N–H and O–H groups in total. The molecule has 0 atom stereocenters. The third-order valence-electron chi connectivity index (χ3n) is 3.40. The van der Waals surface area contributed by atoms with Gasteiger partial charge in [-0.15, -0.1) is 11.8 Å². The van der Waals surface area contributed by atoms with Crippen LogP contribution in [-0.2, 0) is 4.79 Å². The van der Waals surface area contributed by atoms with E-state index in [0.29, 0.717) is 13.1 Å². The van der Waals surface area contributed by atoms with Crippen LogP contribution in [0, 0.1) is 5.41 Å². The summed E-state index contributed by atoms with van der Waals surface area (Å²) in [6, 6.07) is 7.85. The highest BCUT2D eigenvalue weighted by molar-refractivity contribution is 7.98. The van der Waals surface area contributed by atoms with Crippen LogP contribution in [-0.4, -0.2) is 43.2 Å². The third kappa shape index (κ3) is 6.08. The number of nitrogens with two attached hydrogens (primary N) is 1. The Morgan fingerprint density at radius 1 is 1.38 bits per heavy atom. The van der Waals surface area contributed by atoms with E-state index in [-0.39, 0.29) is 11.3 Å². The van der Waals surface area contributed by atoms with Crippen LogP contribution >= 0.6 is 11.8 Å². The zero-order valence-electron chi connectivity index (χ0n) is 13.5. The van der Waals surface area contributed by atoms with E-state index in [1.165, 1.54) is 0 Å². The lowest BCUT2D eigenvalue weighted by Crippen LogP contribution is -2.42. The summed E-state index contributed by atoms with van der Waals surface area (Å²) in [6.07, 6.45) is 2.01. The van der Waals surface area contributed by atoms with Crippen molar-refractivity contribution in [2.45, 2.75) is 25.7 Å². The van der Waals surface area contributed by atoms with E-state index < -0.39 is 0 Å². The number of benzene rings is 1. The molecule has 0 spiro atoms. The molecule has 118 valence electrons. The van der Waals surface area contributed by atoms with Gasteiger partial charge in [-0.1, -0.05) is 32.9 Å². The molecule has 0 bridgehead atoms. The molecule has 0 aliphatic carbocycles. The number of para-hydroxylation sites is 1. The highest BCUT2D eigenvalue weighted by atomic mass is 32.2. The van der Waals surface area contributed by atoms with Crippen LogP contribution in [0.15, 0.2) is 29.2 Å². The van der Waals surface area contributed by atoms with Crippen LogP contribution in [0.2, 0.25) is 0 Å². The number of likely N-dealkylation sites (N-methyl/N-ethyl adjacent to an activating group) is 1. The van der Waals surface area contributed by atoms with Gasteiger partial charge in [-0.2, -0.15) is 0 Å². The number of carbonyl (C=O) groups is 1. The van der Waals surface area contributed by atoms with E-state index in [1.54, 1.807) is 11.8 Å². The maximum atomic E-state index is 12.2. The molecule has 0 aliphatic rings. The predicted molar refractivity (Wildman–Crippen MR) is 91.8 cm³/mol. The first-order valence-electron chi connectivity index (χ1n) is 7.27. The number of carbonyl (C=O) groups excluding carboxylic acids is 1. The van der Waals surface area contributed by atoms with Gasteiger partial charge in [0, 0.05) is 11.4 Å². The van der Waals surface area contributed by atoms with Gasteiger partial charge in [-0.25, -0.2) is 0 Å². The smallest absolute Gasteiger partial charge is 0.238 e. The zero-order valence-corrected chi connectivity index (χ0v) is 14.3. The fourth-order valence-electron chi connectivity index (χ4n) is 2.09.